The number of halogens is 7. The second-order valence-electron chi connectivity index (χ2n) is 5.65. The molecule has 0 spiro atoms. The van der Waals surface area contributed by atoms with Gasteiger partial charge in [-0.05, 0) is 18.6 Å². The van der Waals surface area contributed by atoms with Crippen LogP contribution < -0.4 is 5.32 Å². The summed E-state index contributed by atoms with van der Waals surface area (Å²) in [4.78, 5) is 1.48. The molecular weight excluding hydrogens is 341 g/mol. The van der Waals surface area contributed by atoms with E-state index in [1.807, 2.05) is 0 Å². The summed E-state index contributed by atoms with van der Waals surface area (Å²) < 4.78 is 91.6. The summed E-state index contributed by atoms with van der Waals surface area (Å²) in [6.45, 7) is 1.37. The van der Waals surface area contributed by atoms with Crippen LogP contribution >= 0.6 is 0 Å². The van der Waals surface area contributed by atoms with Crippen LogP contribution in [0.4, 0.5) is 30.7 Å². The number of hydrogen-bond acceptors (Lipinski definition) is 2. The number of rotatable bonds is 4. The van der Waals surface area contributed by atoms with Gasteiger partial charge in [-0.1, -0.05) is 6.07 Å². The first kappa shape index (κ1) is 19.0. The Bertz CT molecular complexity index is 548. The van der Waals surface area contributed by atoms with E-state index in [0.29, 0.717) is 19.2 Å². The van der Waals surface area contributed by atoms with E-state index in [1.54, 1.807) is 0 Å². The molecule has 2 rings (SSSR count). The third-order valence-electron chi connectivity index (χ3n) is 3.99. The molecule has 136 valence electrons. The standard InChI is InChI=1S/C15H17F7N2/c16-11-3-1-2-10(15(20,21)22)13(11)12(4-5-14(17,18)19)24-8-6-23-7-9-24/h1-3,12,23H,4-9H2/t12-/m1/s1. The summed E-state index contributed by atoms with van der Waals surface area (Å²) in [5.41, 5.74) is -1.91. The van der Waals surface area contributed by atoms with Gasteiger partial charge in [0, 0.05) is 44.2 Å². The zero-order chi connectivity index (χ0) is 18.0. The zero-order valence-electron chi connectivity index (χ0n) is 12.6. The monoisotopic (exact) mass is 358 g/mol. The van der Waals surface area contributed by atoms with Crippen molar-refractivity contribution < 1.29 is 30.7 Å². The fourth-order valence-corrected chi connectivity index (χ4v) is 2.93. The lowest BCUT2D eigenvalue weighted by Crippen LogP contribution is -2.46. The molecule has 1 heterocycles. The highest BCUT2D eigenvalue weighted by Crippen LogP contribution is 2.40. The van der Waals surface area contributed by atoms with Crippen LogP contribution in [-0.4, -0.2) is 37.3 Å². The van der Waals surface area contributed by atoms with E-state index < -0.39 is 48.2 Å². The van der Waals surface area contributed by atoms with Crippen LogP contribution in [0.25, 0.3) is 0 Å². The van der Waals surface area contributed by atoms with Crippen LogP contribution in [0.3, 0.4) is 0 Å². The molecule has 0 bridgehead atoms. The molecule has 9 heteroatoms. The second kappa shape index (κ2) is 7.26. The van der Waals surface area contributed by atoms with Crippen molar-refractivity contribution in [3.63, 3.8) is 0 Å². The van der Waals surface area contributed by atoms with E-state index in [4.69, 9.17) is 0 Å². The van der Waals surface area contributed by atoms with Gasteiger partial charge in [0.2, 0.25) is 0 Å². The molecule has 0 unspecified atom stereocenters. The largest absolute Gasteiger partial charge is 0.416 e. The molecule has 1 N–H and O–H groups in total. The molecule has 1 aromatic rings. The van der Waals surface area contributed by atoms with Crippen molar-refractivity contribution in [1.82, 2.24) is 10.2 Å². The lowest BCUT2D eigenvalue weighted by Gasteiger charge is -2.36. The minimum absolute atomic E-state index is 0.258. The van der Waals surface area contributed by atoms with Gasteiger partial charge in [0.05, 0.1) is 5.56 Å². The minimum Gasteiger partial charge on any atom is -0.314 e. The Labute approximate surface area is 134 Å². The van der Waals surface area contributed by atoms with Gasteiger partial charge in [0.25, 0.3) is 0 Å². The summed E-state index contributed by atoms with van der Waals surface area (Å²) in [5, 5.41) is 2.97. The fraction of sp³-hybridized carbons (Fsp3) is 0.600. The maximum absolute atomic E-state index is 14.2. The molecule has 1 atom stereocenters. The summed E-state index contributed by atoms with van der Waals surface area (Å²) in [6, 6.07) is 1.21. The quantitative estimate of drug-likeness (QED) is 0.814. The van der Waals surface area contributed by atoms with Crippen LogP contribution in [0, 0.1) is 5.82 Å². The van der Waals surface area contributed by atoms with E-state index in [1.165, 1.54) is 4.90 Å². The highest BCUT2D eigenvalue weighted by Gasteiger charge is 2.40. The highest BCUT2D eigenvalue weighted by atomic mass is 19.4. The second-order valence-corrected chi connectivity index (χ2v) is 5.65. The molecular formula is C15H17F7N2. The molecule has 0 aliphatic carbocycles. The van der Waals surface area contributed by atoms with Crippen molar-refractivity contribution in [1.29, 1.82) is 0 Å². The number of piperazine rings is 1. The Morgan fingerprint density at radius 1 is 1.04 bits per heavy atom. The number of nitrogens with zero attached hydrogens (tertiary/aromatic N) is 1. The third-order valence-corrected chi connectivity index (χ3v) is 3.99. The van der Waals surface area contributed by atoms with Gasteiger partial charge in [-0.2, -0.15) is 26.3 Å². The number of alkyl halides is 6. The van der Waals surface area contributed by atoms with Crippen LogP contribution in [0.2, 0.25) is 0 Å². The first-order valence-electron chi connectivity index (χ1n) is 7.47. The van der Waals surface area contributed by atoms with E-state index in [2.05, 4.69) is 5.32 Å². The Morgan fingerprint density at radius 2 is 1.67 bits per heavy atom. The molecule has 1 fully saturated rings. The summed E-state index contributed by atoms with van der Waals surface area (Å²) in [5.74, 6) is -1.13. The predicted molar refractivity (Wildman–Crippen MR) is 73.9 cm³/mol. The van der Waals surface area contributed by atoms with Crippen molar-refractivity contribution in [3.8, 4) is 0 Å². The molecule has 2 nitrogen and oxygen atoms in total. The average molecular weight is 358 g/mol. The van der Waals surface area contributed by atoms with Crippen molar-refractivity contribution >= 4 is 0 Å². The number of hydrogen-bond donors (Lipinski definition) is 1. The minimum atomic E-state index is -4.83. The number of benzene rings is 1. The van der Waals surface area contributed by atoms with Crippen LogP contribution in [0.1, 0.15) is 30.0 Å². The van der Waals surface area contributed by atoms with Gasteiger partial charge in [0.15, 0.2) is 0 Å². The van der Waals surface area contributed by atoms with Gasteiger partial charge in [-0.15, -0.1) is 0 Å². The normalized spacial score (nSPS) is 18.6. The first-order valence-corrected chi connectivity index (χ1v) is 7.47. The molecule has 0 amide bonds. The molecule has 0 aromatic heterocycles. The van der Waals surface area contributed by atoms with Crippen molar-refractivity contribution in [2.24, 2.45) is 0 Å². The van der Waals surface area contributed by atoms with Gasteiger partial charge < -0.3 is 5.32 Å². The van der Waals surface area contributed by atoms with Gasteiger partial charge in [-0.25, -0.2) is 4.39 Å². The molecule has 1 aliphatic rings. The lowest BCUT2D eigenvalue weighted by atomic mass is 9.93. The van der Waals surface area contributed by atoms with Crippen molar-refractivity contribution in [2.75, 3.05) is 26.2 Å². The first-order chi connectivity index (χ1) is 11.1. The van der Waals surface area contributed by atoms with Gasteiger partial charge >= 0.3 is 12.4 Å². The van der Waals surface area contributed by atoms with E-state index in [-0.39, 0.29) is 13.1 Å². The summed E-state index contributed by atoms with van der Waals surface area (Å²) in [7, 11) is 0. The molecule has 1 aromatic carbocycles. The Morgan fingerprint density at radius 3 is 2.21 bits per heavy atom. The van der Waals surface area contributed by atoms with Gasteiger partial charge in [0.1, 0.15) is 5.82 Å². The molecule has 0 saturated carbocycles. The van der Waals surface area contributed by atoms with Crippen LogP contribution in [-0.2, 0) is 6.18 Å². The predicted octanol–water partition coefficient (Wildman–Crippen LogP) is 4.13. The fourth-order valence-electron chi connectivity index (χ4n) is 2.93. The van der Waals surface area contributed by atoms with E-state index in [9.17, 15) is 30.7 Å². The maximum Gasteiger partial charge on any atom is 0.416 e. The van der Waals surface area contributed by atoms with Crippen molar-refractivity contribution in [2.45, 2.75) is 31.2 Å². The number of nitrogens with one attached hydrogen (secondary N) is 1. The third kappa shape index (κ3) is 4.83. The van der Waals surface area contributed by atoms with Crippen LogP contribution in [0.5, 0.6) is 0 Å². The van der Waals surface area contributed by atoms with Gasteiger partial charge in [-0.3, -0.25) is 4.90 Å². The highest BCUT2D eigenvalue weighted by molar-refractivity contribution is 5.34. The summed E-state index contributed by atoms with van der Waals surface area (Å²) >= 11 is 0. The molecule has 24 heavy (non-hydrogen) atoms. The van der Waals surface area contributed by atoms with E-state index >= 15 is 0 Å². The Balaban J connectivity index is 2.42. The smallest absolute Gasteiger partial charge is 0.314 e. The Hall–Kier alpha value is -1.35. The average Bonchev–Trinajstić information content (AvgIpc) is 2.47. The molecule has 0 radical (unpaired) electrons. The molecule has 1 saturated heterocycles. The molecule has 1 aliphatic heterocycles. The van der Waals surface area contributed by atoms with Crippen LogP contribution in [0.15, 0.2) is 18.2 Å². The van der Waals surface area contributed by atoms with E-state index in [0.717, 1.165) is 12.1 Å². The Kier molecular flexibility index (Phi) is 5.74. The zero-order valence-corrected chi connectivity index (χ0v) is 12.6. The SMILES string of the molecule is Fc1cccc(C(F)(F)F)c1[C@@H](CCC(F)(F)F)N1CCNCC1. The topological polar surface area (TPSA) is 15.3 Å². The lowest BCUT2D eigenvalue weighted by molar-refractivity contribution is -0.141. The summed E-state index contributed by atoms with van der Waals surface area (Å²) in [6.07, 6.45) is -11.2. The maximum atomic E-state index is 14.2. The van der Waals surface area contributed by atoms with Crippen molar-refractivity contribution in [3.05, 3.63) is 35.1 Å².